The smallest absolute Gasteiger partial charge is 0.294 e. The largest absolute Gasteiger partial charge is 0.444 e. The normalized spacial score (nSPS) is 12.7. The number of nitrogens with one attached hydrogen (secondary N) is 1. The monoisotopic (exact) mass is 552 g/mol. The summed E-state index contributed by atoms with van der Waals surface area (Å²) < 4.78 is 7.94. The summed E-state index contributed by atoms with van der Waals surface area (Å²) in [6, 6.07) is 9.78. The third-order valence-corrected chi connectivity index (χ3v) is 7.59. The summed E-state index contributed by atoms with van der Waals surface area (Å²) >= 11 is 0. The van der Waals surface area contributed by atoms with Crippen LogP contribution in [0.15, 0.2) is 59.6 Å². The van der Waals surface area contributed by atoms with Crippen LogP contribution in [0.2, 0.25) is 0 Å². The molecule has 0 bridgehead atoms. The lowest BCUT2D eigenvalue weighted by Gasteiger charge is -2.22. The summed E-state index contributed by atoms with van der Waals surface area (Å²) in [5.74, 6) is 0.753. The predicted molar refractivity (Wildman–Crippen MR) is 160 cm³/mol. The lowest BCUT2D eigenvalue weighted by Crippen LogP contribution is -2.29. The molecular weight excluding hydrogens is 520 g/mol. The molecule has 1 aliphatic rings. The van der Waals surface area contributed by atoms with Crippen LogP contribution in [-0.4, -0.2) is 63.6 Å². The average Bonchev–Trinajstić information content (AvgIpc) is 3.62. The van der Waals surface area contributed by atoms with Crippen LogP contribution < -0.4 is 10.2 Å². The lowest BCUT2D eigenvalue weighted by molar-refractivity contribution is -0.384. The maximum absolute atomic E-state index is 12.1. The summed E-state index contributed by atoms with van der Waals surface area (Å²) in [4.78, 5) is 29.5. The summed E-state index contributed by atoms with van der Waals surface area (Å²) in [6.45, 7) is 4.29. The second kappa shape index (κ2) is 10.7. The Hall–Kier alpha value is -4.77. The number of aryl methyl sites for hydroxylation is 3. The first-order chi connectivity index (χ1) is 19.8. The molecule has 5 aromatic rings. The summed E-state index contributed by atoms with van der Waals surface area (Å²) in [5.41, 5.74) is 6.85. The van der Waals surface area contributed by atoms with Gasteiger partial charge in [0.1, 0.15) is 12.0 Å². The zero-order valence-corrected chi connectivity index (χ0v) is 23.6. The van der Waals surface area contributed by atoms with Crippen LogP contribution in [0.1, 0.15) is 17.5 Å². The van der Waals surface area contributed by atoms with E-state index in [1.807, 2.05) is 43.9 Å². The minimum atomic E-state index is -0.349. The van der Waals surface area contributed by atoms with E-state index in [0.29, 0.717) is 41.0 Å². The molecule has 3 aromatic heterocycles. The molecule has 0 amide bonds. The first-order valence-corrected chi connectivity index (χ1v) is 13.6. The Morgan fingerprint density at radius 1 is 1.15 bits per heavy atom. The van der Waals surface area contributed by atoms with E-state index in [9.17, 15) is 10.1 Å². The fourth-order valence-electron chi connectivity index (χ4n) is 5.46. The minimum absolute atomic E-state index is 0.0185. The number of oxazole rings is 1. The molecule has 6 rings (SSSR count). The van der Waals surface area contributed by atoms with Crippen molar-refractivity contribution in [1.82, 2.24) is 24.4 Å². The molecular formula is C30H32N8O3. The van der Waals surface area contributed by atoms with Crippen LogP contribution in [-0.2, 0) is 13.0 Å². The number of nitro benzene ring substituents is 1. The quantitative estimate of drug-likeness (QED) is 0.183. The molecule has 0 atom stereocenters. The third kappa shape index (κ3) is 5.00. The number of hydrogen-bond donors (Lipinski definition) is 1. The first-order valence-electron chi connectivity index (χ1n) is 13.6. The fourth-order valence-corrected chi connectivity index (χ4v) is 5.46. The number of anilines is 3. The van der Waals surface area contributed by atoms with Gasteiger partial charge < -0.3 is 24.1 Å². The number of rotatable bonds is 9. The fraction of sp³-hybridized carbons (Fsp3) is 0.300. The van der Waals surface area contributed by atoms with E-state index in [2.05, 4.69) is 44.2 Å². The van der Waals surface area contributed by atoms with E-state index in [-0.39, 0.29) is 10.6 Å². The van der Waals surface area contributed by atoms with Gasteiger partial charge in [-0.2, -0.15) is 0 Å². The molecule has 4 heterocycles. The first kappa shape index (κ1) is 26.5. The molecule has 11 heteroatoms. The maximum atomic E-state index is 12.1. The van der Waals surface area contributed by atoms with Crippen molar-refractivity contribution in [1.29, 1.82) is 0 Å². The van der Waals surface area contributed by atoms with Crippen LogP contribution >= 0.6 is 0 Å². The number of para-hydroxylation sites is 1. The topological polar surface area (TPSA) is 118 Å². The van der Waals surface area contributed by atoms with Gasteiger partial charge >= 0.3 is 0 Å². The van der Waals surface area contributed by atoms with Gasteiger partial charge in [-0.3, -0.25) is 10.1 Å². The number of nitro groups is 1. The molecule has 0 unspecified atom stereocenters. The Labute approximate surface area is 237 Å². The van der Waals surface area contributed by atoms with Crippen LogP contribution in [0.4, 0.5) is 23.0 Å². The zero-order chi connectivity index (χ0) is 28.7. The van der Waals surface area contributed by atoms with Crippen molar-refractivity contribution in [2.24, 2.45) is 0 Å². The Morgan fingerprint density at radius 2 is 2.00 bits per heavy atom. The number of hydrogen-bond acceptors (Lipinski definition) is 9. The van der Waals surface area contributed by atoms with E-state index in [1.165, 1.54) is 17.3 Å². The van der Waals surface area contributed by atoms with Gasteiger partial charge in [-0.15, -0.1) is 0 Å². The van der Waals surface area contributed by atoms with E-state index in [1.54, 1.807) is 18.5 Å². The maximum Gasteiger partial charge on any atom is 0.294 e. The second-order valence-electron chi connectivity index (χ2n) is 10.7. The number of likely N-dealkylation sites (N-methyl/N-ethyl adjacent to an activating group) is 2. The van der Waals surface area contributed by atoms with Gasteiger partial charge in [0, 0.05) is 56.1 Å². The highest BCUT2D eigenvalue weighted by Gasteiger charge is 2.24. The standard InChI is InChI=1S/C30H32N8O3/c1-19-15-25(36(4)13-12-35(2)3)26(38(39)40)16-24(19)33-30-32-17-22(29-31-10-14-41-29)27(34-30)23-18-37-11-6-8-20-7-5-9-21(23)28(20)37/h5,7,9-10,14-18H,6,8,11-13H2,1-4H3,(H,32,33,34). The second-order valence-corrected chi connectivity index (χ2v) is 10.7. The highest BCUT2D eigenvalue weighted by atomic mass is 16.6. The predicted octanol–water partition coefficient (Wildman–Crippen LogP) is 5.66. The zero-order valence-electron chi connectivity index (χ0n) is 23.6. The van der Waals surface area contributed by atoms with Crippen molar-refractivity contribution in [2.45, 2.75) is 26.3 Å². The van der Waals surface area contributed by atoms with E-state index < -0.39 is 0 Å². The Balaban J connectivity index is 1.43. The molecule has 41 heavy (non-hydrogen) atoms. The molecule has 0 saturated heterocycles. The van der Waals surface area contributed by atoms with Gasteiger partial charge in [0.2, 0.25) is 11.8 Å². The molecule has 1 aliphatic heterocycles. The van der Waals surface area contributed by atoms with Crippen molar-refractivity contribution in [3.8, 4) is 22.7 Å². The Kier molecular flexibility index (Phi) is 6.88. The Morgan fingerprint density at radius 3 is 2.76 bits per heavy atom. The van der Waals surface area contributed by atoms with Crippen molar-refractivity contribution >= 4 is 33.9 Å². The van der Waals surface area contributed by atoms with Gasteiger partial charge in [0.15, 0.2) is 0 Å². The molecule has 0 fully saturated rings. The molecule has 0 aliphatic carbocycles. The van der Waals surface area contributed by atoms with E-state index in [4.69, 9.17) is 9.40 Å². The van der Waals surface area contributed by atoms with Gasteiger partial charge in [0.05, 0.1) is 33.6 Å². The number of aromatic nitrogens is 4. The van der Waals surface area contributed by atoms with Crippen LogP contribution in [0.5, 0.6) is 0 Å². The molecule has 0 spiro atoms. The molecule has 1 N–H and O–H groups in total. The van der Waals surface area contributed by atoms with Crippen LogP contribution in [0.25, 0.3) is 33.6 Å². The summed E-state index contributed by atoms with van der Waals surface area (Å²) in [7, 11) is 5.83. The third-order valence-electron chi connectivity index (χ3n) is 7.59. The molecule has 2 aromatic carbocycles. The van der Waals surface area contributed by atoms with Crippen molar-refractivity contribution < 1.29 is 9.34 Å². The molecule has 0 saturated carbocycles. The van der Waals surface area contributed by atoms with Crippen LogP contribution in [0.3, 0.4) is 0 Å². The van der Waals surface area contributed by atoms with Gasteiger partial charge in [-0.1, -0.05) is 18.2 Å². The number of nitrogens with zero attached hydrogens (tertiary/aromatic N) is 7. The highest BCUT2D eigenvalue weighted by molar-refractivity contribution is 6.00. The minimum Gasteiger partial charge on any atom is -0.444 e. The Bertz CT molecular complexity index is 1740. The lowest BCUT2D eigenvalue weighted by atomic mass is 10.0. The number of benzene rings is 2. The molecule has 11 nitrogen and oxygen atoms in total. The van der Waals surface area contributed by atoms with Gasteiger partial charge in [0.25, 0.3) is 5.69 Å². The average molecular weight is 553 g/mol. The van der Waals surface area contributed by atoms with Crippen molar-refractivity contribution in [2.75, 3.05) is 44.4 Å². The van der Waals surface area contributed by atoms with Gasteiger partial charge in [-0.05, 0) is 51.1 Å². The molecule has 210 valence electrons. The van der Waals surface area contributed by atoms with E-state index in [0.717, 1.165) is 42.4 Å². The summed E-state index contributed by atoms with van der Waals surface area (Å²) in [6.07, 6.45) is 9.08. The van der Waals surface area contributed by atoms with E-state index >= 15 is 0 Å². The van der Waals surface area contributed by atoms with Gasteiger partial charge in [-0.25, -0.2) is 15.0 Å². The van der Waals surface area contributed by atoms with Crippen molar-refractivity contribution in [3.63, 3.8) is 0 Å². The SMILES string of the molecule is Cc1cc(N(C)CCN(C)C)c([N+](=O)[O-])cc1Nc1ncc(-c2ncco2)c(-c2cn3c4c(cccc24)CCC3)n1. The molecule has 0 radical (unpaired) electrons. The summed E-state index contributed by atoms with van der Waals surface area (Å²) in [5, 5.41) is 16.4. The van der Waals surface area contributed by atoms with Crippen molar-refractivity contribution in [3.05, 3.63) is 76.4 Å². The highest BCUT2D eigenvalue weighted by Crippen LogP contribution is 2.39. The van der Waals surface area contributed by atoms with Crippen LogP contribution in [0, 0.1) is 17.0 Å².